The summed E-state index contributed by atoms with van der Waals surface area (Å²) in [6.45, 7) is 3.90. The maximum Gasteiger partial charge on any atom is 0.213 e. The number of pyridine rings is 1. The minimum absolute atomic E-state index is 0.608. The Morgan fingerprint density at radius 1 is 1.05 bits per heavy atom. The molecule has 0 bridgehead atoms. The number of rotatable bonds is 7. The first-order chi connectivity index (χ1) is 9.38. The Kier molecular flexibility index (Phi) is 5.05. The standard InChI is InChI=1S/C15H18N2O2/c1-2-18-15-9-8-13(12-17-15)16-10-11-19-14-6-4-3-5-7-14/h3-9,12,16H,2,10-11H2,1H3. The molecule has 0 aliphatic carbocycles. The minimum atomic E-state index is 0.608. The van der Waals surface area contributed by atoms with Crippen molar-refractivity contribution in [1.29, 1.82) is 0 Å². The van der Waals surface area contributed by atoms with E-state index in [9.17, 15) is 0 Å². The molecular formula is C15H18N2O2. The van der Waals surface area contributed by atoms with Crippen LogP contribution >= 0.6 is 0 Å². The molecule has 0 amide bonds. The third kappa shape index (κ3) is 4.50. The van der Waals surface area contributed by atoms with Crippen LogP contribution in [0.4, 0.5) is 5.69 Å². The van der Waals surface area contributed by atoms with Crippen molar-refractivity contribution in [2.45, 2.75) is 6.92 Å². The third-order valence-electron chi connectivity index (χ3n) is 2.47. The Balaban J connectivity index is 1.70. The molecule has 4 heteroatoms. The summed E-state index contributed by atoms with van der Waals surface area (Å²) in [7, 11) is 0. The lowest BCUT2D eigenvalue weighted by Crippen LogP contribution is -2.11. The molecule has 2 rings (SSSR count). The van der Waals surface area contributed by atoms with Crippen LogP contribution < -0.4 is 14.8 Å². The van der Waals surface area contributed by atoms with E-state index in [4.69, 9.17) is 9.47 Å². The van der Waals surface area contributed by atoms with Crippen molar-refractivity contribution < 1.29 is 9.47 Å². The molecule has 1 aromatic heterocycles. The van der Waals surface area contributed by atoms with Gasteiger partial charge in [-0.25, -0.2) is 4.98 Å². The first-order valence-corrected chi connectivity index (χ1v) is 6.39. The first kappa shape index (κ1) is 13.2. The number of aromatic nitrogens is 1. The molecule has 2 aromatic rings. The Hall–Kier alpha value is -2.23. The second kappa shape index (κ2) is 7.26. The predicted octanol–water partition coefficient (Wildman–Crippen LogP) is 2.97. The highest BCUT2D eigenvalue weighted by molar-refractivity contribution is 5.41. The predicted molar refractivity (Wildman–Crippen MR) is 75.8 cm³/mol. The monoisotopic (exact) mass is 258 g/mol. The molecule has 0 spiro atoms. The van der Waals surface area contributed by atoms with E-state index in [1.54, 1.807) is 6.20 Å². The van der Waals surface area contributed by atoms with Gasteiger partial charge in [0, 0.05) is 12.6 Å². The molecule has 1 aromatic carbocycles. The molecule has 1 heterocycles. The van der Waals surface area contributed by atoms with Gasteiger partial charge in [-0.2, -0.15) is 0 Å². The number of hydrogen-bond acceptors (Lipinski definition) is 4. The van der Waals surface area contributed by atoms with Gasteiger partial charge in [0.15, 0.2) is 0 Å². The van der Waals surface area contributed by atoms with Gasteiger partial charge in [-0.1, -0.05) is 18.2 Å². The van der Waals surface area contributed by atoms with Crippen LogP contribution in [0.2, 0.25) is 0 Å². The number of nitrogens with zero attached hydrogens (tertiary/aromatic N) is 1. The topological polar surface area (TPSA) is 43.4 Å². The number of hydrogen-bond donors (Lipinski definition) is 1. The molecular weight excluding hydrogens is 240 g/mol. The smallest absolute Gasteiger partial charge is 0.213 e. The Morgan fingerprint density at radius 2 is 1.89 bits per heavy atom. The van der Waals surface area contributed by atoms with Crippen LogP contribution in [-0.4, -0.2) is 24.7 Å². The molecule has 0 saturated heterocycles. The summed E-state index contributed by atoms with van der Waals surface area (Å²) in [5.74, 6) is 1.53. The maximum absolute atomic E-state index is 5.58. The van der Waals surface area contributed by atoms with Crippen molar-refractivity contribution in [2.75, 3.05) is 25.1 Å². The van der Waals surface area contributed by atoms with Gasteiger partial charge in [-0.05, 0) is 25.1 Å². The number of ether oxygens (including phenoxy) is 2. The van der Waals surface area contributed by atoms with Crippen LogP contribution in [0.15, 0.2) is 48.7 Å². The normalized spacial score (nSPS) is 9.95. The summed E-state index contributed by atoms with van der Waals surface area (Å²) in [6.07, 6.45) is 1.76. The van der Waals surface area contributed by atoms with Crippen LogP contribution in [0.5, 0.6) is 11.6 Å². The van der Waals surface area contributed by atoms with Gasteiger partial charge in [-0.15, -0.1) is 0 Å². The fraction of sp³-hybridized carbons (Fsp3) is 0.267. The number of anilines is 1. The highest BCUT2D eigenvalue weighted by Gasteiger charge is 1.96. The van der Waals surface area contributed by atoms with Gasteiger partial charge >= 0.3 is 0 Å². The second-order valence-electron chi connectivity index (χ2n) is 3.91. The van der Waals surface area contributed by atoms with Gasteiger partial charge in [0.25, 0.3) is 0 Å². The van der Waals surface area contributed by atoms with Crippen molar-refractivity contribution >= 4 is 5.69 Å². The zero-order chi connectivity index (χ0) is 13.3. The molecule has 4 nitrogen and oxygen atoms in total. The number of benzene rings is 1. The lowest BCUT2D eigenvalue weighted by molar-refractivity contribution is 0.327. The van der Waals surface area contributed by atoms with Crippen molar-refractivity contribution in [3.05, 3.63) is 48.7 Å². The van der Waals surface area contributed by atoms with Crippen LogP contribution in [-0.2, 0) is 0 Å². The van der Waals surface area contributed by atoms with Gasteiger partial charge in [-0.3, -0.25) is 0 Å². The van der Waals surface area contributed by atoms with Gasteiger partial charge in [0.2, 0.25) is 5.88 Å². The quantitative estimate of drug-likeness (QED) is 0.775. The van der Waals surface area contributed by atoms with E-state index in [-0.39, 0.29) is 0 Å². The van der Waals surface area contributed by atoms with Gasteiger partial charge in [0.05, 0.1) is 18.5 Å². The summed E-state index contributed by atoms with van der Waals surface area (Å²) in [6, 6.07) is 13.6. The zero-order valence-corrected chi connectivity index (χ0v) is 11.0. The lowest BCUT2D eigenvalue weighted by Gasteiger charge is -2.08. The molecule has 0 saturated carbocycles. The summed E-state index contributed by atoms with van der Waals surface area (Å²) in [5, 5.41) is 3.24. The molecule has 1 N–H and O–H groups in total. The largest absolute Gasteiger partial charge is 0.492 e. The average Bonchev–Trinajstić information content (AvgIpc) is 2.47. The molecule has 0 aliphatic heterocycles. The Bertz CT molecular complexity index is 471. The highest BCUT2D eigenvalue weighted by Crippen LogP contribution is 2.11. The summed E-state index contributed by atoms with van der Waals surface area (Å²) < 4.78 is 10.9. The van der Waals surface area contributed by atoms with E-state index >= 15 is 0 Å². The van der Waals surface area contributed by atoms with Gasteiger partial charge in [0.1, 0.15) is 12.4 Å². The molecule has 19 heavy (non-hydrogen) atoms. The fourth-order valence-corrected chi connectivity index (χ4v) is 1.60. The highest BCUT2D eigenvalue weighted by atomic mass is 16.5. The zero-order valence-electron chi connectivity index (χ0n) is 11.0. The summed E-state index contributed by atoms with van der Waals surface area (Å²) >= 11 is 0. The SMILES string of the molecule is CCOc1ccc(NCCOc2ccccc2)cn1. The lowest BCUT2D eigenvalue weighted by atomic mass is 10.3. The molecule has 0 aliphatic rings. The van der Waals surface area contributed by atoms with Crippen molar-refractivity contribution in [2.24, 2.45) is 0 Å². The van der Waals surface area contributed by atoms with Crippen LogP contribution in [0.25, 0.3) is 0 Å². The average molecular weight is 258 g/mol. The molecule has 0 atom stereocenters. The summed E-state index contributed by atoms with van der Waals surface area (Å²) in [4.78, 5) is 4.18. The fourth-order valence-electron chi connectivity index (χ4n) is 1.60. The second-order valence-corrected chi connectivity index (χ2v) is 3.91. The molecule has 0 unspecified atom stereocenters. The van der Waals surface area contributed by atoms with E-state index in [1.807, 2.05) is 49.4 Å². The Morgan fingerprint density at radius 3 is 2.58 bits per heavy atom. The van der Waals surface area contributed by atoms with E-state index < -0.39 is 0 Å². The van der Waals surface area contributed by atoms with Crippen molar-refractivity contribution in [3.63, 3.8) is 0 Å². The Labute approximate surface area is 113 Å². The third-order valence-corrected chi connectivity index (χ3v) is 2.47. The van der Waals surface area contributed by atoms with Crippen LogP contribution in [0.3, 0.4) is 0 Å². The summed E-state index contributed by atoms with van der Waals surface area (Å²) in [5.41, 5.74) is 0.958. The van der Waals surface area contributed by atoms with E-state index in [2.05, 4.69) is 10.3 Å². The van der Waals surface area contributed by atoms with Crippen molar-refractivity contribution in [1.82, 2.24) is 4.98 Å². The van der Waals surface area contributed by atoms with Gasteiger partial charge < -0.3 is 14.8 Å². The van der Waals surface area contributed by atoms with Crippen molar-refractivity contribution in [3.8, 4) is 11.6 Å². The number of nitrogens with one attached hydrogen (secondary N) is 1. The first-order valence-electron chi connectivity index (χ1n) is 6.39. The van der Waals surface area contributed by atoms with Crippen LogP contribution in [0.1, 0.15) is 6.92 Å². The van der Waals surface area contributed by atoms with E-state index in [0.29, 0.717) is 19.1 Å². The van der Waals surface area contributed by atoms with E-state index in [1.165, 1.54) is 0 Å². The number of para-hydroxylation sites is 1. The van der Waals surface area contributed by atoms with Crippen LogP contribution in [0, 0.1) is 0 Å². The molecule has 100 valence electrons. The minimum Gasteiger partial charge on any atom is -0.492 e. The molecule has 0 radical (unpaired) electrons. The van der Waals surface area contributed by atoms with E-state index in [0.717, 1.165) is 18.0 Å². The maximum atomic E-state index is 5.58. The molecule has 0 fully saturated rings.